The largest absolute Gasteiger partial charge is 0.378 e. The van der Waals surface area contributed by atoms with Crippen LogP contribution in [0.1, 0.15) is 42.5 Å². The lowest BCUT2D eigenvalue weighted by atomic mass is 9.84. The maximum absolute atomic E-state index is 13.2. The van der Waals surface area contributed by atoms with E-state index in [9.17, 15) is 9.59 Å². The fourth-order valence-electron chi connectivity index (χ4n) is 4.51. The molecular weight excluding hydrogens is 326 g/mol. The van der Waals surface area contributed by atoms with Gasteiger partial charge in [0.05, 0.1) is 0 Å². The highest BCUT2D eigenvalue weighted by molar-refractivity contribution is 5.95. The number of hydrogen-bond donors (Lipinski definition) is 0. The number of piperidine rings is 1. The molecule has 5 nitrogen and oxygen atoms in total. The molecule has 1 aromatic rings. The average Bonchev–Trinajstić information content (AvgIpc) is 2.91. The Labute approximate surface area is 155 Å². The third kappa shape index (κ3) is 3.19. The Kier molecular flexibility index (Phi) is 4.63. The third-order valence-corrected chi connectivity index (χ3v) is 6.35. The molecule has 5 heteroatoms. The van der Waals surface area contributed by atoms with Gasteiger partial charge in [-0.2, -0.15) is 0 Å². The Bertz CT molecular complexity index is 698. The summed E-state index contributed by atoms with van der Waals surface area (Å²) in [7, 11) is 3.98. The molecule has 0 aromatic heterocycles. The molecule has 4 aliphatic rings. The lowest BCUT2D eigenvalue weighted by Gasteiger charge is -2.36. The van der Waals surface area contributed by atoms with Gasteiger partial charge in [-0.3, -0.25) is 9.59 Å². The highest BCUT2D eigenvalue weighted by Gasteiger charge is 2.40. The fourth-order valence-corrected chi connectivity index (χ4v) is 4.51. The monoisotopic (exact) mass is 355 g/mol. The van der Waals surface area contributed by atoms with Crippen molar-refractivity contribution in [3.8, 4) is 0 Å². The van der Waals surface area contributed by atoms with E-state index in [4.69, 9.17) is 0 Å². The standard InChI is InChI=1S/C21H29N3O2/c1-22(2)18-8-4-7-17(11-18)21(26)24-13-15-9-10-19(24)14-23(12-15)20(25)16-5-3-6-16/h4,7-8,11,15-16,19H,3,5-6,9-10,12-14H2,1-2H3/t15-,19+/m1/s1. The van der Waals surface area contributed by atoms with Crippen molar-refractivity contribution in [3.63, 3.8) is 0 Å². The van der Waals surface area contributed by atoms with Gasteiger partial charge >= 0.3 is 0 Å². The number of rotatable bonds is 3. The van der Waals surface area contributed by atoms with Crippen LogP contribution in [0, 0.1) is 11.8 Å². The first-order chi connectivity index (χ1) is 12.5. The predicted molar refractivity (Wildman–Crippen MR) is 102 cm³/mol. The second-order valence-corrected chi connectivity index (χ2v) is 8.37. The van der Waals surface area contributed by atoms with Gasteiger partial charge in [0.15, 0.2) is 0 Å². The molecule has 4 fully saturated rings. The lowest BCUT2D eigenvalue weighted by molar-refractivity contribution is -0.138. The van der Waals surface area contributed by atoms with Crippen LogP contribution in [-0.4, -0.2) is 61.4 Å². The second-order valence-electron chi connectivity index (χ2n) is 8.37. The number of carbonyl (C=O) groups excluding carboxylic acids is 2. The molecule has 26 heavy (non-hydrogen) atoms. The van der Waals surface area contributed by atoms with Gasteiger partial charge in [0.25, 0.3) is 5.91 Å². The Balaban J connectivity index is 1.52. The molecule has 0 N–H and O–H groups in total. The van der Waals surface area contributed by atoms with Gasteiger partial charge in [-0.05, 0) is 49.8 Å². The normalized spacial score (nSPS) is 25.6. The average molecular weight is 355 g/mol. The fraction of sp³-hybridized carbons (Fsp3) is 0.619. The SMILES string of the molecule is CN(C)c1cccc(C(=O)N2C[C@@H]3CC[C@H]2CN(C(=O)C2CCC2)C3)c1. The van der Waals surface area contributed by atoms with Crippen LogP contribution in [0.25, 0.3) is 0 Å². The van der Waals surface area contributed by atoms with Crippen molar-refractivity contribution < 1.29 is 9.59 Å². The van der Waals surface area contributed by atoms with Crippen molar-refractivity contribution in [2.45, 2.75) is 38.1 Å². The molecule has 2 atom stereocenters. The molecule has 1 aromatic carbocycles. The minimum absolute atomic E-state index is 0.112. The summed E-state index contributed by atoms with van der Waals surface area (Å²) in [5.74, 6) is 1.10. The van der Waals surface area contributed by atoms with Crippen molar-refractivity contribution in [1.29, 1.82) is 0 Å². The van der Waals surface area contributed by atoms with Crippen LogP contribution in [0.4, 0.5) is 5.69 Å². The maximum atomic E-state index is 13.2. The minimum Gasteiger partial charge on any atom is -0.378 e. The molecule has 1 aliphatic carbocycles. The quantitative estimate of drug-likeness (QED) is 0.837. The van der Waals surface area contributed by atoms with Crippen LogP contribution in [-0.2, 0) is 4.79 Å². The first kappa shape index (κ1) is 17.4. The van der Waals surface area contributed by atoms with Crippen LogP contribution in [0.5, 0.6) is 0 Å². The summed E-state index contributed by atoms with van der Waals surface area (Å²) >= 11 is 0. The Morgan fingerprint density at radius 3 is 2.54 bits per heavy atom. The molecule has 3 saturated heterocycles. The van der Waals surface area contributed by atoms with Gasteiger partial charge in [-0.1, -0.05) is 12.5 Å². The van der Waals surface area contributed by atoms with Gasteiger partial charge in [-0.25, -0.2) is 0 Å². The number of fused-ring (bicyclic) bond motifs is 4. The molecule has 140 valence electrons. The maximum Gasteiger partial charge on any atom is 0.254 e. The van der Waals surface area contributed by atoms with E-state index in [1.54, 1.807) is 0 Å². The van der Waals surface area contributed by atoms with Crippen LogP contribution in [0.15, 0.2) is 24.3 Å². The first-order valence-electron chi connectivity index (χ1n) is 9.90. The number of anilines is 1. The molecule has 0 unspecified atom stereocenters. The minimum atomic E-state index is 0.112. The smallest absolute Gasteiger partial charge is 0.254 e. The summed E-state index contributed by atoms with van der Waals surface area (Å²) in [6, 6.07) is 8.01. The molecule has 2 amide bonds. The van der Waals surface area contributed by atoms with E-state index in [1.165, 1.54) is 6.42 Å². The summed E-state index contributed by atoms with van der Waals surface area (Å²) < 4.78 is 0. The van der Waals surface area contributed by atoms with Gasteiger partial charge in [-0.15, -0.1) is 0 Å². The molecule has 0 spiro atoms. The number of amides is 2. The summed E-state index contributed by atoms with van der Waals surface area (Å²) in [4.78, 5) is 32.1. The molecule has 5 rings (SSSR count). The lowest BCUT2D eigenvalue weighted by Crippen LogP contribution is -2.48. The summed E-state index contributed by atoms with van der Waals surface area (Å²) in [5, 5.41) is 0. The van der Waals surface area contributed by atoms with Gasteiger partial charge in [0.1, 0.15) is 0 Å². The van der Waals surface area contributed by atoms with E-state index in [2.05, 4.69) is 4.90 Å². The summed E-state index contributed by atoms with van der Waals surface area (Å²) in [6.07, 6.45) is 5.41. The van der Waals surface area contributed by atoms with Gasteiger partial charge in [0.2, 0.25) is 5.91 Å². The number of nitrogens with zero attached hydrogens (tertiary/aromatic N) is 3. The number of hydrogen-bond acceptors (Lipinski definition) is 3. The van der Waals surface area contributed by atoms with E-state index in [1.807, 2.05) is 48.2 Å². The predicted octanol–water partition coefficient (Wildman–Crippen LogP) is 2.62. The second kappa shape index (κ2) is 6.93. The van der Waals surface area contributed by atoms with E-state index in [-0.39, 0.29) is 17.9 Å². The van der Waals surface area contributed by atoms with Gasteiger partial charge in [0, 0.05) is 56.9 Å². The van der Waals surface area contributed by atoms with E-state index < -0.39 is 0 Å². The van der Waals surface area contributed by atoms with Crippen LogP contribution in [0.2, 0.25) is 0 Å². The number of carbonyl (C=O) groups is 2. The summed E-state index contributed by atoms with van der Waals surface area (Å²) in [5.41, 5.74) is 1.79. The van der Waals surface area contributed by atoms with Crippen molar-refractivity contribution >= 4 is 17.5 Å². The first-order valence-corrected chi connectivity index (χ1v) is 9.90. The third-order valence-electron chi connectivity index (χ3n) is 6.35. The summed E-state index contributed by atoms with van der Waals surface area (Å²) in [6.45, 7) is 2.32. The topological polar surface area (TPSA) is 43.9 Å². The van der Waals surface area contributed by atoms with Crippen LogP contribution in [0.3, 0.4) is 0 Å². The highest BCUT2D eigenvalue weighted by Crippen LogP contribution is 2.33. The van der Waals surface area contributed by atoms with Crippen molar-refractivity contribution in [1.82, 2.24) is 9.80 Å². The zero-order valence-electron chi connectivity index (χ0n) is 15.9. The number of benzene rings is 1. The van der Waals surface area contributed by atoms with Crippen molar-refractivity contribution in [3.05, 3.63) is 29.8 Å². The van der Waals surface area contributed by atoms with Crippen LogP contribution < -0.4 is 4.90 Å². The molecule has 3 heterocycles. The van der Waals surface area contributed by atoms with E-state index >= 15 is 0 Å². The Morgan fingerprint density at radius 1 is 1.04 bits per heavy atom. The molecule has 3 aliphatic heterocycles. The van der Waals surface area contributed by atoms with E-state index in [0.717, 1.165) is 50.0 Å². The molecule has 1 saturated carbocycles. The van der Waals surface area contributed by atoms with Crippen LogP contribution >= 0.6 is 0 Å². The van der Waals surface area contributed by atoms with Gasteiger partial charge < -0.3 is 14.7 Å². The zero-order chi connectivity index (χ0) is 18.3. The molecule has 2 bridgehead atoms. The molecular formula is C21H29N3O2. The van der Waals surface area contributed by atoms with E-state index in [0.29, 0.717) is 18.4 Å². The van der Waals surface area contributed by atoms with Crippen molar-refractivity contribution in [2.75, 3.05) is 38.6 Å². The van der Waals surface area contributed by atoms with Crippen molar-refractivity contribution in [2.24, 2.45) is 11.8 Å². The Hall–Kier alpha value is -2.04. The zero-order valence-corrected chi connectivity index (χ0v) is 15.9. The molecule has 0 radical (unpaired) electrons. The highest BCUT2D eigenvalue weighted by atomic mass is 16.2. The Morgan fingerprint density at radius 2 is 1.85 bits per heavy atom.